The van der Waals surface area contributed by atoms with E-state index >= 15 is 0 Å². The van der Waals surface area contributed by atoms with Crippen LogP contribution in [0.3, 0.4) is 0 Å². The van der Waals surface area contributed by atoms with Gasteiger partial charge < -0.3 is 5.11 Å². The van der Waals surface area contributed by atoms with Crippen molar-refractivity contribution in [3.05, 3.63) is 10.1 Å². The molecule has 0 fully saturated rings. The van der Waals surface area contributed by atoms with E-state index in [4.69, 9.17) is 5.11 Å². The lowest BCUT2D eigenvalue weighted by molar-refractivity contribution is -0.548. The van der Waals surface area contributed by atoms with Gasteiger partial charge >= 0.3 is 5.97 Å². The molecule has 6 heteroatoms. The molecule has 6 nitrogen and oxygen atoms in total. The highest BCUT2D eigenvalue weighted by atomic mass is 16.7. The Balaban J connectivity index is 3.63. The van der Waals surface area contributed by atoms with Gasteiger partial charge in [0.1, 0.15) is 0 Å². The van der Waals surface area contributed by atoms with Gasteiger partial charge in [-0.05, 0) is 6.92 Å². The van der Waals surface area contributed by atoms with Crippen LogP contribution in [0.25, 0.3) is 0 Å². The maximum atomic E-state index is 9.87. The van der Waals surface area contributed by atoms with Gasteiger partial charge in [-0.3, -0.25) is 0 Å². The highest BCUT2D eigenvalue weighted by Gasteiger charge is 2.14. The molecule has 0 radical (unpaired) electrons. The second kappa shape index (κ2) is 2.85. The normalized spacial score (nSPS) is 12.1. The van der Waals surface area contributed by atoms with Gasteiger partial charge in [0.15, 0.2) is 11.1 Å². The molecule has 0 amide bonds. The van der Waals surface area contributed by atoms with Crippen LogP contribution in [0.1, 0.15) is 6.92 Å². The summed E-state index contributed by atoms with van der Waals surface area (Å²) >= 11 is 0. The molecule has 0 aliphatic rings. The van der Waals surface area contributed by atoms with E-state index in [1.54, 1.807) is 5.43 Å². The second-order valence-corrected chi connectivity index (χ2v) is 1.45. The van der Waals surface area contributed by atoms with Gasteiger partial charge in [-0.15, -0.1) is 5.43 Å². The van der Waals surface area contributed by atoms with E-state index in [1.807, 2.05) is 0 Å². The fourth-order valence-corrected chi connectivity index (χ4v) is 0.213. The zero-order valence-corrected chi connectivity index (χ0v) is 4.70. The number of nitrogens with one attached hydrogen (secondary N) is 1. The standard InChI is InChI=1S/C3H6N2O4/c1-2(3(6)7)4-5(8)9/h2,4H,1H3,(H,6,7). The van der Waals surface area contributed by atoms with Crippen molar-refractivity contribution in [2.45, 2.75) is 13.0 Å². The minimum Gasteiger partial charge on any atom is -0.480 e. The van der Waals surface area contributed by atoms with Crippen LogP contribution in [0.5, 0.6) is 0 Å². The summed E-state index contributed by atoms with van der Waals surface area (Å²) in [5.74, 6) is -1.24. The summed E-state index contributed by atoms with van der Waals surface area (Å²) in [6.07, 6.45) is 0. The number of carboxylic acids is 1. The maximum absolute atomic E-state index is 9.87. The minimum atomic E-state index is -1.24. The zero-order chi connectivity index (χ0) is 7.44. The minimum absolute atomic E-state index is 0.890. The topological polar surface area (TPSA) is 92.5 Å². The third-order valence-electron chi connectivity index (χ3n) is 0.669. The van der Waals surface area contributed by atoms with E-state index in [1.165, 1.54) is 6.92 Å². The molecular formula is C3H6N2O4. The number of nitro groups is 1. The Morgan fingerprint density at radius 1 is 1.89 bits per heavy atom. The molecule has 0 aromatic rings. The Kier molecular flexibility index (Phi) is 2.43. The van der Waals surface area contributed by atoms with Gasteiger partial charge in [-0.2, -0.15) is 0 Å². The highest BCUT2D eigenvalue weighted by molar-refractivity contribution is 5.72. The van der Waals surface area contributed by atoms with Gasteiger partial charge in [-0.1, -0.05) is 0 Å². The number of aliphatic carboxylic acids is 1. The van der Waals surface area contributed by atoms with Gasteiger partial charge in [0.05, 0.1) is 0 Å². The maximum Gasteiger partial charge on any atom is 0.331 e. The van der Waals surface area contributed by atoms with E-state index < -0.39 is 17.0 Å². The fraction of sp³-hybridized carbons (Fsp3) is 0.667. The molecule has 1 atom stereocenters. The molecule has 52 valence electrons. The van der Waals surface area contributed by atoms with Crippen molar-refractivity contribution < 1.29 is 14.9 Å². The smallest absolute Gasteiger partial charge is 0.331 e. The van der Waals surface area contributed by atoms with Crippen LogP contribution in [0.15, 0.2) is 0 Å². The summed E-state index contributed by atoms with van der Waals surface area (Å²) < 4.78 is 0. The number of carbonyl (C=O) groups is 1. The quantitative estimate of drug-likeness (QED) is 0.391. The molecular weight excluding hydrogens is 128 g/mol. The van der Waals surface area contributed by atoms with Crippen LogP contribution in [0, 0.1) is 10.1 Å². The number of rotatable bonds is 3. The van der Waals surface area contributed by atoms with Crippen LogP contribution < -0.4 is 5.43 Å². The molecule has 9 heavy (non-hydrogen) atoms. The van der Waals surface area contributed by atoms with Crippen molar-refractivity contribution in [2.24, 2.45) is 0 Å². The first-order valence-corrected chi connectivity index (χ1v) is 2.17. The lowest BCUT2D eigenvalue weighted by Crippen LogP contribution is -2.37. The molecule has 0 saturated carbocycles. The van der Waals surface area contributed by atoms with E-state index in [2.05, 4.69) is 0 Å². The average Bonchev–Trinajstić information content (AvgIpc) is 1.63. The van der Waals surface area contributed by atoms with Crippen molar-refractivity contribution in [2.75, 3.05) is 0 Å². The highest BCUT2D eigenvalue weighted by Crippen LogP contribution is 1.78. The molecule has 0 aliphatic carbocycles. The lowest BCUT2D eigenvalue weighted by atomic mass is 10.4. The number of hydrogen-bond acceptors (Lipinski definition) is 3. The van der Waals surface area contributed by atoms with E-state index in [0.29, 0.717) is 0 Å². The van der Waals surface area contributed by atoms with Gasteiger partial charge in [0.25, 0.3) is 0 Å². The third-order valence-corrected chi connectivity index (χ3v) is 0.669. The number of nitrogens with zero attached hydrogens (tertiary/aromatic N) is 1. The van der Waals surface area contributed by atoms with Gasteiger partial charge in [0.2, 0.25) is 0 Å². The Morgan fingerprint density at radius 3 is 2.44 bits per heavy atom. The molecule has 0 heterocycles. The summed E-state index contributed by atoms with van der Waals surface area (Å²) in [5.41, 5.74) is 1.56. The zero-order valence-electron chi connectivity index (χ0n) is 4.70. The summed E-state index contributed by atoms with van der Waals surface area (Å²) in [4.78, 5) is 19.4. The fourth-order valence-electron chi connectivity index (χ4n) is 0.213. The monoisotopic (exact) mass is 134 g/mol. The first-order valence-electron chi connectivity index (χ1n) is 2.17. The summed E-state index contributed by atoms with van der Waals surface area (Å²) in [6.45, 7) is 1.19. The Hall–Kier alpha value is -1.33. The lowest BCUT2D eigenvalue weighted by Gasteiger charge is -1.98. The summed E-state index contributed by atoms with van der Waals surface area (Å²) in [7, 11) is 0. The van der Waals surface area contributed by atoms with Crippen LogP contribution in [0.4, 0.5) is 0 Å². The Morgan fingerprint density at radius 2 is 2.33 bits per heavy atom. The molecule has 0 aliphatic heterocycles. The Labute approximate surface area is 50.6 Å². The Bertz CT molecular complexity index is 134. The van der Waals surface area contributed by atoms with Crippen LogP contribution in [-0.2, 0) is 4.79 Å². The first kappa shape index (κ1) is 7.67. The molecule has 0 bridgehead atoms. The molecule has 0 rings (SSSR count). The van der Waals surface area contributed by atoms with Crippen LogP contribution >= 0.6 is 0 Å². The molecule has 0 aromatic carbocycles. The SMILES string of the molecule is CC(N[N+](=O)[O-])C(=O)O. The first-order chi connectivity index (χ1) is 4.04. The molecule has 2 N–H and O–H groups in total. The predicted molar refractivity (Wildman–Crippen MR) is 27.2 cm³/mol. The van der Waals surface area contributed by atoms with E-state index in [9.17, 15) is 14.9 Å². The molecule has 0 aromatic heterocycles. The molecule has 0 saturated heterocycles. The van der Waals surface area contributed by atoms with Gasteiger partial charge in [0, 0.05) is 0 Å². The largest absolute Gasteiger partial charge is 0.480 e. The number of hydrazine groups is 1. The van der Waals surface area contributed by atoms with E-state index in [0.717, 1.165) is 0 Å². The third kappa shape index (κ3) is 3.27. The van der Waals surface area contributed by atoms with Crippen LogP contribution in [0.2, 0.25) is 0 Å². The molecule has 0 spiro atoms. The summed E-state index contributed by atoms with van der Waals surface area (Å²) in [5, 5.41) is 16.7. The van der Waals surface area contributed by atoms with Crippen molar-refractivity contribution in [1.82, 2.24) is 5.43 Å². The number of carboxylic acid groups (broad SMARTS) is 1. The molecule has 1 unspecified atom stereocenters. The number of hydrogen-bond donors (Lipinski definition) is 2. The van der Waals surface area contributed by atoms with E-state index in [-0.39, 0.29) is 0 Å². The van der Waals surface area contributed by atoms with Crippen molar-refractivity contribution >= 4 is 5.97 Å². The van der Waals surface area contributed by atoms with Crippen molar-refractivity contribution in [3.63, 3.8) is 0 Å². The second-order valence-electron chi connectivity index (χ2n) is 1.45. The van der Waals surface area contributed by atoms with Gasteiger partial charge in [-0.25, -0.2) is 14.9 Å². The van der Waals surface area contributed by atoms with Crippen molar-refractivity contribution in [3.8, 4) is 0 Å². The van der Waals surface area contributed by atoms with Crippen LogP contribution in [-0.4, -0.2) is 22.1 Å². The summed E-state index contributed by atoms with van der Waals surface area (Å²) in [6, 6.07) is -1.14. The van der Waals surface area contributed by atoms with Crippen molar-refractivity contribution in [1.29, 1.82) is 0 Å². The average molecular weight is 134 g/mol. The predicted octanol–water partition coefficient (Wildman–Crippen LogP) is -0.759.